The minimum absolute atomic E-state index is 0.696. The molecule has 26 heavy (non-hydrogen) atoms. The number of ether oxygens (including phenoxy) is 1. The van der Waals surface area contributed by atoms with Gasteiger partial charge in [-0.15, -0.1) is 22.7 Å². The maximum atomic E-state index is 5.50. The molecule has 3 aromatic heterocycles. The van der Waals surface area contributed by atoms with Crippen LogP contribution >= 0.6 is 22.7 Å². The van der Waals surface area contributed by atoms with E-state index < -0.39 is 0 Å². The monoisotopic (exact) mass is 384 g/mol. The largest absolute Gasteiger partial charge is 0.481 e. The molecule has 1 aliphatic heterocycles. The van der Waals surface area contributed by atoms with Crippen molar-refractivity contribution in [1.82, 2.24) is 20.1 Å². The number of benzene rings is 1. The molecular weight excluding hydrogens is 364 g/mol. The van der Waals surface area contributed by atoms with E-state index in [1.807, 2.05) is 24.5 Å². The van der Waals surface area contributed by atoms with Crippen LogP contribution in [0.15, 0.2) is 24.3 Å². The zero-order valence-electron chi connectivity index (χ0n) is 14.8. The van der Waals surface area contributed by atoms with E-state index in [2.05, 4.69) is 28.6 Å². The maximum Gasteiger partial charge on any atom is 0.219 e. The standard InChI is InChI=1S/C19H20N4OS2/c1-23-19(24-2)13-9-12(3-4-14(13)22-23)17-21-18-16(26-17)10-15(25-18)11-5-7-20-8-6-11/h3-4,9-11,20H,5-8H2,1-2H3. The molecule has 0 bridgehead atoms. The third-order valence-electron chi connectivity index (χ3n) is 5.07. The van der Waals surface area contributed by atoms with Crippen LogP contribution in [0.5, 0.6) is 5.88 Å². The molecule has 134 valence electrons. The van der Waals surface area contributed by atoms with Crippen molar-refractivity contribution in [3.05, 3.63) is 29.1 Å². The van der Waals surface area contributed by atoms with E-state index in [9.17, 15) is 0 Å². The second kappa shape index (κ2) is 6.33. The Balaban J connectivity index is 1.52. The molecule has 1 N–H and O–H groups in total. The molecule has 0 saturated carbocycles. The topological polar surface area (TPSA) is 52.0 Å². The van der Waals surface area contributed by atoms with Crippen molar-refractivity contribution >= 4 is 43.1 Å². The van der Waals surface area contributed by atoms with E-state index in [0.717, 1.165) is 45.3 Å². The zero-order chi connectivity index (χ0) is 17.7. The molecule has 0 atom stereocenters. The minimum atomic E-state index is 0.696. The van der Waals surface area contributed by atoms with Crippen LogP contribution in [0.1, 0.15) is 23.6 Å². The number of nitrogens with one attached hydrogen (secondary N) is 1. The molecule has 1 fully saturated rings. The van der Waals surface area contributed by atoms with E-state index in [4.69, 9.17) is 9.72 Å². The van der Waals surface area contributed by atoms with E-state index in [0.29, 0.717) is 5.92 Å². The summed E-state index contributed by atoms with van der Waals surface area (Å²) in [6, 6.07) is 8.64. The van der Waals surface area contributed by atoms with Gasteiger partial charge in [-0.25, -0.2) is 9.67 Å². The van der Waals surface area contributed by atoms with Crippen molar-refractivity contribution in [2.75, 3.05) is 20.2 Å². The van der Waals surface area contributed by atoms with E-state index in [-0.39, 0.29) is 0 Å². The first-order valence-electron chi connectivity index (χ1n) is 8.85. The van der Waals surface area contributed by atoms with Crippen molar-refractivity contribution < 1.29 is 4.74 Å². The number of fused-ring (bicyclic) bond motifs is 2. The molecular formula is C19H20N4OS2. The highest BCUT2D eigenvalue weighted by Crippen LogP contribution is 2.40. The summed E-state index contributed by atoms with van der Waals surface area (Å²) in [4.78, 5) is 7.58. The number of methoxy groups -OCH3 is 1. The van der Waals surface area contributed by atoms with E-state index in [1.54, 1.807) is 23.1 Å². The first-order valence-corrected chi connectivity index (χ1v) is 10.5. The second-order valence-electron chi connectivity index (χ2n) is 6.73. The zero-order valence-corrected chi connectivity index (χ0v) is 16.4. The van der Waals surface area contributed by atoms with Crippen molar-refractivity contribution in [3.8, 4) is 16.5 Å². The van der Waals surface area contributed by atoms with Crippen LogP contribution in [0.4, 0.5) is 0 Å². The van der Waals surface area contributed by atoms with Gasteiger partial charge in [0.2, 0.25) is 5.88 Å². The Morgan fingerprint density at radius 2 is 2.04 bits per heavy atom. The Morgan fingerprint density at radius 3 is 2.81 bits per heavy atom. The van der Waals surface area contributed by atoms with Crippen molar-refractivity contribution in [2.45, 2.75) is 18.8 Å². The average Bonchev–Trinajstić information content (AvgIpc) is 3.31. The summed E-state index contributed by atoms with van der Waals surface area (Å²) in [6.45, 7) is 2.25. The lowest BCUT2D eigenvalue weighted by atomic mass is 9.97. The van der Waals surface area contributed by atoms with Gasteiger partial charge in [-0.3, -0.25) is 0 Å². The summed E-state index contributed by atoms with van der Waals surface area (Å²) in [5.74, 6) is 1.48. The first kappa shape index (κ1) is 16.2. The van der Waals surface area contributed by atoms with Crippen molar-refractivity contribution in [2.24, 2.45) is 7.05 Å². The summed E-state index contributed by atoms with van der Waals surface area (Å²) in [5, 5.41) is 10.0. The summed E-state index contributed by atoms with van der Waals surface area (Å²) in [7, 11) is 3.59. The van der Waals surface area contributed by atoms with Crippen molar-refractivity contribution in [1.29, 1.82) is 0 Å². The summed E-state index contributed by atoms with van der Waals surface area (Å²) >= 11 is 3.64. The van der Waals surface area contributed by atoms with E-state index in [1.165, 1.54) is 22.4 Å². The van der Waals surface area contributed by atoms with Gasteiger partial charge in [0.25, 0.3) is 0 Å². The number of aryl methyl sites for hydroxylation is 1. The van der Waals surface area contributed by atoms with E-state index >= 15 is 0 Å². The number of piperidine rings is 1. The number of rotatable bonds is 3. The number of hydrogen-bond donors (Lipinski definition) is 1. The third kappa shape index (κ3) is 2.62. The number of hydrogen-bond acceptors (Lipinski definition) is 6. The Morgan fingerprint density at radius 1 is 1.19 bits per heavy atom. The molecule has 1 aliphatic rings. The van der Waals surface area contributed by atoms with Crippen LogP contribution < -0.4 is 10.1 Å². The molecule has 5 nitrogen and oxygen atoms in total. The smallest absolute Gasteiger partial charge is 0.219 e. The van der Waals surface area contributed by atoms with Crippen LogP contribution in [0.2, 0.25) is 0 Å². The minimum Gasteiger partial charge on any atom is -0.481 e. The fourth-order valence-electron chi connectivity index (χ4n) is 3.73. The van der Waals surface area contributed by atoms with Gasteiger partial charge >= 0.3 is 0 Å². The number of aromatic nitrogens is 3. The van der Waals surface area contributed by atoms with Crippen LogP contribution in [0.25, 0.3) is 31.0 Å². The molecule has 0 radical (unpaired) electrons. The molecule has 0 amide bonds. The van der Waals surface area contributed by atoms with Gasteiger partial charge in [-0.2, -0.15) is 5.10 Å². The lowest BCUT2D eigenvalue weighted by Gasteiger charge is -2.21. The van der Waals surface area contributed by atoms with Crippen LogP contribution in [-0.4, -0.2) is 35.0 Å². The Kier molecular flexibility index (Phi) is 3.95. The number of nitrogens with zero attached hydrogens (tertiary/aromatic N) is 3. The number of thiazole rings is 1. The number of thiophene rings is 1. The van der Waals surface area contributed by atoms with Gasteiger partial charge in [0, 0.05) is 17.5 Å². The SMILES string of the molecule is COc1c2cc(-c3nc4sc(C5CCNCC5)cc4s3)ccc2nn1C. The highest BCUT2D eigenvalue weighted by atomic mass is 32.1. The third-order valence-corrected chi connectivity index (χ3v) is 7.44. The molecule has 7 heteroatoms. The predicted molar refractivity (Wildman–Crippen MR) is 109 cm³/mol. The molecule has 1 saturated heterocycles. The normalized spacial score (nSPS) is 15.9. The summed E-state index contributed by atoms with van der Waals surface area (Å²) in [5.41, 5.74) is 2.07. The molecule has 1 aromatic carbocycles. The quantitative estimate of drug-likeness (QED) is 0.569. The average molecular weight is 385 g/mol. The van der Waals surface area contributed by atoms with Gasteiger partial charge in [0.05, 0.1) is 22.7 Å². The van der Waals surface area contributed by atoms with Crippen LogP contribution in [0.3, 0.4) is 0 Å². The molecule has 5 rings (SSSR count). The fourth-order valence-corrected chi connectivity index (χ4v) is 6.12. The fraction of sp³-hybridized carbons (Fsp3) is 0.368. The summed E-state index contributed by atoms with van der Waals surface area (Å²) < 4.78 is 8.58. The molecule has 4 aromatic rings. The van der Waals surface area contributed by atoms with Crippen LogP contribution in [0, 0.1) is 0 Å². The molecule has 0 aliphatic carbocycles. The second-order valence-corrected chi connectivity index (χ2v) is 8.82. The van der Waals surface area contributed by atoms with Gasteiger partial charge in [0.15, 0.2) is 0 Å². The highest BCUT2D eigenvalue weighted by Gasteiger charge is 2.20. The Hall–Kier alpha value is -1.96. The lowest BCUT2D eigenvalue weighted by molar-refractivity contribution is 0.377. The van der Waals surface area contributed by atoms with Crippen molar-refractivity contribution in [3.63, 3.8) is 0 Å². The van der Waals surface area contributed by atoms with Gasteiger partial charge in [-0.05, 0) is 56.1 Å². The van der Waals surface area contributed by atoms with Gasteiger partial charge in [-0.1, -0.05) is 0 Å². The lowest BCUT2D eigenvalue weighted by Crippen LogP contribution is -2.26. The molecule has 4 heterocycles. The highest BCUT2D eigenvalue weighted by molar-refractivity contribution is 7.28. The predicted octanol–water partition coefficient (Wildman–Crippen LogP) is 4.39. The Bertz CT molecular complexity index is 1060. The molecule has 0 spiro atoms. The van der Waals surface area contributed by atoms with Crippen LogP contribution in [-0.2, 0) is 7.05 Å². The maximum absolute atomic E-state index is 5.50. The van der Waals surface area contributed by atoms with Gasteiger partial charge in [0.1, 0.15) is 9.84 Å². The van der Waals surface area contributed by atoms with Gasteiger partial charge < -0.3 is 10.1 Å². The molecule has 0 unspecified atom stereocenters. The Labute approximate surface area is 159 Å². The summed E-state index contributed by atoms with van der Waals surface area (Å²) in [6.07, 6.45) is 2.47. The first-order chi connectivity index (χ1) is 12.7.